The third-order valence-corrected chi connectivity index (χ3v) is 5.93. The zero-order valence-electron chi connectivity index (χ0n) is 16.3. The molecule has 1 heterocycles. The van der Waals surface area contributed by atoms with Crippen molar-refractivity contribution < 1.29 is 27.4 Å². The zero-order chi connectivity index (χ0) is 20.7. The van der Waals surface area contributed by atoms with Gasteiger partial charge >= 0.3 is 5.97 Å². The van der Waals surface area contributed by atoms with Crippen LogP contribution in [0.15, 0.2) is 53.4 Å². The fraction of sp³-hybridized carbons (Fsp3) is 0.381. The largest absolute Gasteiger partial charge is 0.490 e. The van der Waals surface area contributed by atoms with Gasteiger partial charge in [-0.25, -0.2) is 17.9 Å². The Morgan fingerprint density at radius 2 is 1.97 bits per heavy atom. The first-order valence-electron chi connectivity index (χ1n) is 9.52. The van der Waals surface area contributed by atoms with Crippen LogP contribution in [-0.4, -0.2) is 46.9 Å². The second-order valence-electron chi connectivity index (χ2n) is 6.81. The molecule has 1 N–H and O–H groups in total. The molecule has 1 atom stereocenters. The van der Waals surface area contributed by atoms with Crippen LogP contribution in [0, 0.1) is 6.92 Å². The minimum atomic E-state index is -3.73. The van der Waals surface area contributed by atoms with E-state index in [1.54, 1.807) is 0 Å². The molecule has 1 aliphatic rings. The van der Waals surface area contributed by atoms with Gasteiger partial charge in [0.15, 0.2) is 0 Å². The van der Waals surface area contributed by atoms with Gasteiger partial charge in [0.1, 0.15) is 19.0 Å². The molecule has 1 fully saturated rings. The van der Waals surface area contributed by atoms with Crippen LogP contribution in [0.5, 0.6) is 5.75 Å². The smallest absolute Gasteiger partial charge is 0.338 e. The average Bonchev–Trinajstić information content (AvgIpc) is 3.25. The number of carbonyl (C=O) groups is 1. The molecule has 1 aliphatic heterocycles. The fourth-order valence-electron chi connectivity index (χ4n) is 2.89. The number of nitrogens with one attached hydrogen (secondary N) is 1. The molecule has 0 bridgehead atoms. The Labute approximate surface area is 171 Å². The van der Waals surface area contributed by atoms with Crippen molar-refractivity contribution >= 4 is 16.0 Å². The van der Waals surface area contributed by atoms with Gasteiger partial charge in [-0.3, -0.25) is 0 Å². The van der Waals surface area contributed by atoms with Crippen molar-refractivity contribution in [2.75, 3.05) is 26.4 Å². The highest BCUT2D eigenvalue weighted by molar-refractivity contribution is 7.89. The number of ether oxygens (including phenoxy) is 3. The van der Waals surface area contributed by atoms with Crippen molar-refractivity contribution in [1.82, 2.24) is 4.72 Å². The molecule has 29 heavy (non-hydrogen) atoms. The first-order valence-corrected chi connectivity index (χ1v) is 11.0. The molecule has 3 rings (SSSR count). The highest BCUT2D eigenvalue weighted by Gasteiger charge is 2.21. The molecular weight excluding hydrogens is 394 g/mol. The third kappa shape index (κ3) is 6.28. The summed E-state index contributed by atoms with van der Waals surface area (Å²) in [6.07, 6.45) is 1.66. The summed E-state index contributed by atoms with van der Waals surface area (Å²) in [5.41, 5.74) is 1.30. The second-order valence-corrected chi connectivity index (χ2v) is 8.58. The first kappa shape index (κ1) is 21.3. The van der Waals surface area contributed by atoms with E-state index >= 15 is 0 Å². The Kier molecular flexibility index (Phi) is 7.24. The molecule has 8 heteroatoms. The number of carbonyl (C=O) groups excluding carboxylic acids is 1. The Morgan fingerprint density at radius 1 is 1.17 bits per heavy atom. The van der Waals surface area contributed by atoms with Crippen molar-refractivity contribution in [3.8, 4) is 5.75 Å². The predicted octanol–water partition coefficient (Wildman–Crippen LogP) is 2.69. The second kappa shape index (κ2) is 9.87. The van der Waals surface area contributed by atoms with Crippen LogP contribution in [0.2, 0.25) is 0 Å². The van der Waals surface area contributed by atoms with Gasteiger partial charge in [-0.15, -0.1) is 0 Å². The van der Waals surface area contributed by atoms with E-state index in [1.165, 1.54) is 24.3 Å². The first-order chi connectivity index (χ1) is 13.9. The molecule has 2 aromatic rings. The van der Waals surface area contributed by atoms with Gasteiger partial charge in [-0.2, -0.15) is 0 Å². The lowest BCUT2D eigenvalue weighted by Crippen LogP contribution is -2.31. The molecule has 0 aliphatic carbocycles. The fourth-order valence-corrected chi connectivity index (χ4v) is 4.01. The van der Waals surface area contributed by atoms with Gasteiger partial charge in [-0.1, -0.05) is 23.8 Å². The van der Waals surface area contributed by atoms with Gasteiger partial charge in [0.05, 0.1) is 16.6 Å². The van der Waals surface area contributed by atoms with Crippen LogP contribution >= 0.6 is 0 Å². The van der Waals surface area contributed by atoms with Crippen LogP contribution in [-0.2, 0) is 19.5 Å². The van der Waals surface area contributed by atoms with Gasteiger partial charge in [0, 0.05) is 13.2 Å². The van der Waals surface area contributed by atoms with E-state index in [2.05, 4.69) is 4.72 Å². The molecule has 0 aromatic heterocycles. The van der Waals surface area contributed by atoms with Crippen LogP contribution in [0.25, 0.3) is 0 Å². The Bertz CT molecular complexity index is 920. The summed E-state index contributed by atoms with van der Waals surface area (Å²) >= 11 is 0. The summed E-state index contributed by atoms with van der Waals surface area (Å²) in [4.78, 5) is 12.2. The monoisotopic (exact) mass is 419 g/mol. The van der Waals surface area contributed by atoms with Crippen molar-refractivity contribution in [2.24, 2.45) is 0 Å². The minimum absolute atomic E-state index is 0.0147. The molecule has 1 saturated heterocycles. The third-order valence-electron chi connectivity index (χ3n) is 4.51. The van der Waals surface area contributed by atoms with E-state index in [9.17, 15) is 13.2 Å². The van der Waals surface area contributed by atoms with Crippen LogP contribution in [0.1, 0.15) is 28.8 Å². The normalized spacial score (nSPS) is 16.5. The maximum Gasteiger partial charge on any atom is 0.338 e. The summed E-state index contributed by atoms with van der Waals surface area (Å²) < 4.78 is 43.6. The quantitative estimate of drug-likeness (QED) is 0.496. The summed E-state index contributed by atoms with van der Waals surface area (Å²) in [6, 6.07) is 13.3. The van der Waals surface area contributed by atoms with Gasteiger partial charge < -0.3 is 14.2 Å². The number of rotatable bonds is 9. The summed E-state index contributed by atoms with van der Waals surface area (Å²) in [5.74, 6) is 0.0886. The standard InChI is InChI=1S/C21H25NO6S/c1-16-7-9-18(10-8-16)27-12-13-28-21(23)17-4-2-6-20(14-17)29(24,25)22-15-19-5-3-11-26-19/h2,4,6-10,14,19,22H,3,5,11-13,15H2,1H3/t19-/m1/s1. The van der Waals surface area contributed by atoms with Gasteiger partial charge in [0.2, 0.25) is 10.0 Å². The Balaban J connectivity index is 1.50. The number of aryl methyl sites for hydroxylation is 1. The SMILES string of the molecule is Cc1ccc(OCCOC(=O)c2cccc(S(=O)(=O)NC[C@H]3CCCO3)c2)cc1. The highest BCUT2D eigenvalue weighted by Crippen LogP contribution is 2.15. The van der Waals surface area contributed by atoms with Gasteiger partial charge in [-0.05, 0) is 50.1 Å². The van der Waals surface area contributed by atoms with E-state index in [4.69, 9.17) is 14.2 Å². The Hall–Kier alpha value is -2.42. The van der Waals surface area contributed by atoms with Crippen LogP contribution < -0.4 is 9.46 Å². The van der Waals surface area contributed by atoms with Crippen LogP contribution in [0.4, 0.5) is 0 Å². The maximum absolute atomic E-state index is 12.5. The van der Waals surface area contributed by atoms with Crippen LogP contribution in [0.3, 0.4) is 0 Å². The summed E-state index contributed by atoms with van der Waals surface area (Å²) in [6.45, 7) is 3.11. The lowest BCUT2D eigenvalue weighted by Gasteiger charge is -2.12. The molecule has 0 unspecified atom stereocenters. The highest BCUT2D eigenvalue weighted by atomic mass is 32.2. The molecule has 0 radical (unpaired) electrons. The number of hydrogen-bond acceptors (Lipinski definition) is 6. The molecule has 0 spiro atoms. The molecule has 2 aromatic carbocycles. The molecule has 7 nitrogen and oxygen atoms in total. The molecule has 0 amide bonds. The average molecular weight is 419 g/mol. The Morgan fingerprint density at radius 3 is 2.69 bits per heavy atom. The van der Waals surface area contributed by atoms with Gasteiger partial charge in [0.25, 0.3) is 0 Å². The van der Waals surface area contributed by atoms with E-state index in [1.807, 2.05) is 31.2 Å². The summed E-state index contributed by atoms with van der Waals surface area (Å²) in [7, 11) is -3.73. The van der Waals surface area contributed by atoms with E-state index < -0.39 is 16.0 Å². The number of esters is 1. The molecule has 156 valence electrons. The molecular formula is C21H25NO6S. The topological polar surface area (TPSA) is 90.9 Å². The number of sulfonamides is 1. The van der Waals surface area contributed by atoms with Crippen molar-refractivity contribution in [3.63, 3.8) is 0 Å². The molecule has 0 saturated carbocycles. The van der Waals surface area contributed by atoms with E-state index in [0.717, 1.165) is 18.4 Å². The van der Waals surface area contributed by atoms with E-state index in [0.29, 0.717) is 12.4 Å². The lowest BCUT2D eigenvalue weighted by molar-refractivity contribution is 0.0450. The predicted molar refractivity (Wildman–Crippen MR) is 108 cm³/mol. The van der Waals surface area contributed by atoms with Crippen molar-refractivity contribution in [1.29, 1.82) is 0 Å². The number of hydrogen-bond donors (Lipinski definition) is 1. The zero-order valence-corrected chi connectivity index (χ0v) is 17.1. The minimum Gasteiger partial charge on any atom is -0.490 e. The van der Waals surface area contributed by atoms with Crippen molar-refractivity contribution in [3.05, 3.63) is 59.7 Å². The van der Waals surface area contributed by atoms with E-state index in [-0.39, 0.29) is 36.3 Å². The number of benzene rings is 2. The maximum atomic E-state index is 12.5. The lowest BCUT2D eigenvalue weighted by atomic mass is 10.2. The van der Waals surface area contributed by atoms with Crippen molar-refractivity contribution in [2.45, 2.75) is 30.8 Å². The summed E-state index contributed by atoms with van der Waals surface area (Å²) in [5, 5.41) is 0.